The second-order valence-corrected chi connectivity index (χ2v) is 5.82. The molecular weight excluding hydrogens is 325 g/mol. The zero-order valence-corrected chi connectivity index (χ0v) is 14.1. The van der Waals surface area contributed by atoms with Gasteiger partial charge in [-0.15, -0.1) is 5.10 Å². The van der Waals surface area contributed by atoms with Gasteiger partial charge in [0.05, 0.1) is 28.8 Å². The van der Waals surface area contributed by atoms with Gasteiger partial charge in [0.1, 0.15) is 5.69 Å². The van der Waals surface area contributed by atoms with Crippen LogP contribution in [0.5, 0.6) is 0 Å². The van der Waals surface area contributed by atoms with E-state index in [0.29, 0.717) is 33.6 Å². The lowest BCUT2D eigenvalue weighted by atomic mass is 10.1. The molecule has 118 valence electrons. The van der Waals surface area contributed by atoms with E-state index in [0.717, 1.165) is 0 Å². The first-order valence-electron chi connectivity index (χ1n) is 6.99. The van der Waals surface area contributed by atoms with Gasteiger partial charge >= 0.3 is 5.97 Å². The second-order valence-electron chi connectivity index (χ2n) is 5.00. The fourth-order valence-electron chi connectivity index (χ4n) is 2.16. The van der Waals surface area contributed by atoms with E-state index in [1.807, 2.05) is 13.8 Å². The van der Waals surface area contributed by atoms with Crippen LogP contribution in [0.4, 0.5) is 0 Å². The maximum atomic E-state index is 11.9. The molecule has 0 fully saturated rings. The summed E-state index contributed by atoms with van der Waals surface area (Å²) in [6, 6.07) is 5.26. The minimum atomic E-state index is -0.337. The Morgan fingerprint density at radius 2 is 1.95 bits per heavy atom. The summed E-state index contributed by atoms with van der Waals surface area (Å²) >= 11 is 12.5. The molecule has 0 radical (unpaired) electrons. The molecular formula is C15H17Cl2N3O2. The molecule has 0 amide bonds. The van der Waals surface area contributed by atoms with Crippen molar-refractivity contribution in [1.29, 1.82) is 0 Å². The summed E-state index contributed by atoms with van der Waals surface area (Å²) in [5.41, 5.74) is 1.73. The normalized spacial score (nSPS) is 11.0. The first kappa shape index (κ1) is 16.8. The minimum Gasteiger partial charge on any atom is -0.466 e. The Kier molecular flexibility index (Phi) is 5.42. The standard InChI is InChI=1S/C15H17Cl2N3O2/c1-4-22-13(21)8-12-15(18-19-20(12)9(2)3)14-10(16)6-5-7-11(14)17/h5-7,9H,4,8H2,1-3H3. The Hall–Kier alpha value is -1.59. The van der Waals surface area contributed by atoms with Crippen LogP contribution in [0.15, 0.2) is 18.2 Å². The molecule has 0 saturated carbocycles. The average Bonchev–Trinajstić information content (AvgIpc) is 2.82. The number of halogens is 2. The Balaban J connectivity index is 2.54. The molecule has 0 spiro atoms. The summed E-state index contributed by atoms with van der Waals surface area (Å²) in [6.45, 7) is 6.01. The number of carbonyl (C=O) groups is 1. The average molecular weight is 342 g/mol. The number of aromatic nitrogens is 3. The van der Waals surface area contributed by atoms with E-state index in [9.17, 15) is 4.79 Å². The molecule has 2 aromatic rings. The summed E-state index contributed by atoms with van der Waals surface area (Å²) in [5, 5.41) is 9.24. The Morgan fingerprint density at radius 3 is 2.50 bits per heavy atom. The topological polar surface area (TPSA) is 57.0 Å². The molecule has 0 saturated heterocycles. The molecule has 7 heteroatoms. The van der Waals surface area contributed by atoms with E-state index in [2.05, 4.69) is 10.3 Å². The number of carbonyl (C=O) groups excluding carboxylic acids is 1. The van der Waals surface area contributed by atoms with Crippen molar-refractivity contribution < 1.29 is 9.53 Å². The van der Waals surface area contributed by atoms with Crippen LogP contribution in [-0.4, -0.2) is 27.6 Å². The molecule has 0 atom stereocenters. The number of hydrogen-bond donors (Lipinski definition) is 0. The van der Waals surface area contributed by atoms with Gasteiger partial charge in [-0.25, -0.2) is 4.68 Å². The summed E-state index contributed by atoms with van der Waals surface area (Å²) < 4.78 is 6.71. The number of hydrogen-bond acceptors (Lipinski definition) is 4. The molecule has 22 heavy (non-hydrogen) atoms. The van der Waals surface area contributed by atoms with Crippen molar-refractivity contribution in [3.8, 4) is 11.3 Å². The predicted molar refractivity (Wildman–Crippen MR) is 86.2 cm³/mol. The van der Waals surface area contributed by atoms with Crippen LogP contribution < -0.4 is 0 Å². The zero-order chi connectivity index (χ0) is 16.3. The maximum absolute atomic E-state index is 11.9. The maximum Gasteiger partial charge on any atom is 0.311 e. The van der Waals surface area contributed by atoms with Crippen molar-refractivity contribution in [3.05, 3.63) is 33.9 Å². The van der Waals surface area contributed by atoms with E-state index >= 15 is 0 Å². The highest BCUT2D eigenvalue weighted by molar-refractivity contribution is 6.39. The van der Waals surface area contributed by atoms with Crippen LogP contribution in [-0.2, 0) is 16.0 Å². The first-order valence-corrected chi connectivity index (χ1v) is 7.75. The third kappa shape index (κ3) is 3.42. The molecule has 0 bridgehead atoms. The van der Waals surface area contributed by atoms with Gasteiger partial charge < -0.3 is 4.74 Å². The molecule has 1 aromatic carbocycles. The van der Waals surface area contributed by atoms with Gasteiger partial charge in [-0.2, -0.15) is 0 Å². The van der Waals surface area contributed by atoms with E-state index in [-0.39, 0.29) is 18.4 Å². The largest absolute Gasteiger partial charge is 0.466 e. The molecule has 0 unspecified atom stereocenters. The number of rotatable bonds is 5. The lowest BCUT2D eigenvalue weighted by molar-refractivity contribution is -0.142. The van der Waals surface area contributed by atoms with Crippen LogP contribution in [0, 0.1) is 0 Å². The number of benzene rings is 1. The lowest BCUT2D eigenvalue weighted by Gasteiger charge is -2.11. The van der Waals surface area contributed by atoms with Crippen molar-refractivity contribution in [3.63, 3.8) is 0 Å². The number of ether oxygens (including phenoxy) is 1. The van der Waals surface area contributed by atoms with Crippen LogP contribution in [0.2, 0.25) is 10.0 Å². The Morgan fingerprint density at radius 1 is 1.32 bits per heavy atom. The summed E-state index contributed by atoms with van der Waals surface area (Å²) in [6.07, 6.45) is 0.0654. The van der Waals surface area contributed by atoms with Crippen LogP contribution >= 0.6 is 23.2 Å². The quantitative estimate of drug-likeness (QED) is 0.773. The van der Waals surface area contributed by atoms with Gasteiger partial charge in [0, 0.05) is 11.6 Å². The van der Waals surface area contributed by atoms with E-state index < -0.39 is 0 Å². The fraction of sp³-hybridized carbons (Fsp3) is 0.400. The molecule has 2 rings (SSSR count). The Bertz CT molecular complexity index is 663. The lowest BCUT2D eigenvalue weighted by Crippen LogP contribution is -2.14. The summed E-state index contributed by atoms with van der Waals surface area (Å²) in [4.78, 5) is 11.9. The van der Waals surface area contributed by atoms with Crippen molar-refractivity contribution >= 4 is 29.2 Å². The Labute approximate surface area is 139 Å². The third-order valence-corrected chi connectivity index (χ3v) is 3.73. The smallest absolute Gasteiger partial charge is 0.311 e. The summed E-state index contributed by atoms with van der Waals surface area (Å²) in [7, 11) is 0. The second kappa shape index (κ2) is 7.11. The fourth-order valence-corrected chi connectivity index (χ4v) is 2.74. The van der Waals surface area contributed by atoms with Crippen LogP contribution in [0.1, 0.15) is 32.5 Å². The number of esters is 1. The SMILES string of the molecule is CCOC(=O)Cc1c(-c2c(Cl)cccc2Cl)nnn1C(C)C. The van der Waals surface area contributed by atoms with Crippen molar-refractivity contribution in [1.82, 2.24) is 15.0 Å². The van der Waals surface area contributed by atoms with Crippen LogP contribution in [0.25, 0.3) is 11.3 Å². The molecule has 0 aliphatic heterocycles. The van der Waals surface area contributed by atoms with Gasteiger partial charge in [0.15, 0.2) is 0 Å². The predicted octanol–water partition coefficient (Wildman–Crippen LogP) is 3.94. The summed E-state index contributed by atoms with van der Waals surface area (Å²) in [5.74, 6) is -0.337. The minimum absolute atomic E-state index is 0.0481. The van der Waals surface area contributed by atoms with Crippen LogP contribution in [0.3, 0.4) is 0 Å². The van der Waals surface area contributed by atoms with Gasteiger partial charge in [-0.05, 0) is 32.9 Å². The monoisotopic (exact) mass is 341 g/mol. The van der Waals surface area contributed by atoms with Gasteiger partial charge in [-0.1, -0.05) is 34.5 Å². The van der Waals surface area contributed by atoms with Crippen molar-refractivity contribution in [2.75, 3.05) is 6.61 Å². The van der Waals surface area contributed by atoms with Crippen molar-refractivity contribution in [2.45, 2.75) is 33.2 Å². The highest BCUT2D eigenvalue weighted by atomic mass is 35.5. The van der Waals surface area contributed by atoms with Gasteiger partial charge in [-0.3, -0.25) is 4.79 Å². The number of nitrogens with zero attached hydrogens (tertiary/aromatic N) is 3. The van der Waals surface area contributed by atoms with Gasteiger partial charge in [0.25, 0.3) is 0 Å². The van der Waals surface area contributed by atoms with E-state index in [1.165, 1.54) is 0 Å². The van der Waals surface area contributed by atoms with E-state index in [1.54, 1.807) is 29.8 Å². The third-order valence-electron chi connectivity index (χ3n) is 3.10. The molecule has 0 aliphatic rings. The molecule has 5 nitrogen and oxygen atoms in total. The first-order chi connectivity index (χ1) is 10.5. The van der Waals surface area contributed by atoms with Gasteiger partial charge in [0.2, 0.25) is 0 Å². The molecule has 1 heterocycles. The zero-order valence-electron chi connectivity index (χ0n) is 12.6. The molecule has 1 aromatic heterocycles. The highest BCUT2D eigenvalue weighted by Gasteiger charge is 2.23. The van der Waals surface area contributed by atoms with Crippen molar-refractivity contribution in [2.24, 2.45) is 0 Å². The molecule has 0 N–H and O–H groups in total. The highest BCUT2D eigenvalue weighted by Crippen LogP contribution is 2.35. The molecule has 0 aliphatic carbocycles. The van der Waals surface area contributed by atoms with E-state index in [4.69, 9.17) is 27.9 Å².